The van der Waals surface area contributed by atoms with Gasteiger partial charge >= 0.3 is 0 Å². The highest BCUT2D eigenvalue weighted by molar-refractivity contribution is 5.78. The lowest BCUT2D eigenvalue weighted by Crippen LogP contribution is -2.12. The Morgan fingerprint density at radius 3 is 2.26 bits per heavy atom. The molecule has 0 radical (unpaired) electrons. The van der Waals surface area contributed by atoms with E-state index in [1.807, 2.05) is 30.3 Å². The van der Waals surface area contributed by atoms with Crippen molar-refractivity contribution >= 4 is 11.0 Å². The van der Waals surface area contributed by atoms with Crippen LogP contribution in [0.2, 0.25) is 0 Å². The minimum Gasteiger partial charge on any atom is -0.493 e. The van der Waals surface area contributed by atoms with E-state index in [2.05, 4.69) is 62.6 Å². The molecule has 3 aromatic carbocycles. The molecule has 0 aliphatic heterocycles. The highest BCUT2D eigenvalue weighted by Gasteiger charge is 2.20. The first-order valence-corrected chi connectivity index (χ1v) is 10.8. The Morgan fingerprint density at radius 1 is 0.871 bits per heavy atom. The van der Waals surface area contributed by atoms with Crippen LogP contribution in [0, 0.1) is 27.7 Å². The Hall–Kier alpha value is -3.11. The largest absolute Gasteiger partial charge is 0.493 e. The summed E-state index contributed by atoms with van der Waals surface area (Å²) >= 11 is 0. The first kappa shape index (κ1) is 21.1. The molecule has 0 saturated heterocycles. The number of benzene rings is 3. The van der Waals surface area contributed by atoms with Gasteiger partial charge in [-0.15, -0.1) is 0 Å². The Morgan fingerprint density at radius 2 is 1.55 bits per heavy atom. The van der Waals surface area contributed by atoms with Gasteiger partial charge in [-0.05, 0) is 74.1 Å². The van der Waals surface area contributed by atoms with Gasteiger partial charge < -0.3 is 14.4 Å². The zero-order valence-corrected chi connectivity index (χ0v) is 18.7. The molecule has 31 heavy (non-hydrogen) atoms. The lowest BCUT2D eigenvalue weighted by atomic mass is 10.1. The van der Waals surface area contributed by atoms with Gasteiger partial charge in [-0.2, -0.15) is 0 Å². The van der Waals surface area contributed by atoms with Crippen LogP contribution in [0.5, 0.6) is 5.75 Å². The van der Waals surface area contributed by atoms with Gasteiger partial charge in [0.1, 0.15) is 17.7 Å². The van der Waals surface area contributed by atoms with Crippen LogP contribution in [0.15, 0.2) is 60.7 Å². The van der Waals surface area contributed by atoms with Gasteiger partial charge in [0.25, 0.3) is 0 Å². The Balaban J connectivity index is 1.61. The summed E-state index contributed by atoms with van der Waals surface area (Å²) in [4.78, 5) is 4.83. The molecule has 0 bridgehead atoms. The van der Waals surface area contributed by atoms with Gasteiger partial charge in [0, 0.05) is 6.54 Å². The molecule has 0 saturated carbocycles. The van der Waals surface area contributed by atoms with Crippen molar-refractivity contribution in [1.82, 2.24) is 9.55 Å². The maximum atomic E-state index is 11.1. The number of imidazole rings is 1. The molecule has 0 fully saturated rings. The van der Waals surface area contributed by atoms with E-state index in [1.54, 1.807) is 0 Å². The summed E-state index contributed by atoms with van der Waals surface area (Å²) in [6.45, 7) is 9.69. The number of hydrogen-bond acceptors (Lipinski definition) is 3. The molecule has 1 N–H and O–H groups in total. The second-order valence-electron chi connectivity index (χ2n) is 8.28. The highest BCUT2D eigenvalue weighted by atomic mass is 16.5. The lowest BCUT2D eigenvalue weighted by molar-refractivity contribution is 0.203. The van der Waals surface area contributed by atoms with Crippen LogP contribution in [-0.4, -0.2) is 21.3 Å². The summed E-state index contributed by atoms with van der Waals surface area (Å²) in [6.07, 6.45) is 0.0504. The number of rotatable bonds is 7. The minimum absolute atomic E-state index is 0.608. The molecular weight excluding hydrogens is 384 g/mol. The van der Waals surface area contributed by atoms with Crippen molar-refractivity contribution in [3.05, 3.63) is 94.3 Å². The van der Waals surface area contributed by atoms with E-state index in [1.165, 1.54) is 11.1 Å². The molecular formula is C27H30N2O2. The maximum absolute atomic E-state index is 11.1. The van der Waals surface area contributed by atoms with Gasteiger partial charge in [0.05, 0.1) is 17.6 Å². The first-order chi connectivity index (χ1) is 15.0. The average molecular weight is 415 g/mol. The fourth-order valence-corrected chi connectivity index (χ4v) is 4.05. The number of aromatic nitrogens is 2. The number of para-hydroxylation sites is 1. The average Bonchev–Trinajstić information content (AvgIpc) is 3.10. The monoisotopic (exact) mass is 414 g/mol. The van der Waals surface area contributed by atoms with Crippen LogP contribution in [-0.2, 0) is 6.54 Å². The van der Waals surface area contributed by atoms with E-state index in [4.69, 9.17) is 9.72 Å². The Bertz CT molecular complexity index is 1170. The normalized spacial score (nSPS) is 12.3. The van der Waals surface area contributed by atoms with Crippen LogP contribution in [0.1, 0.15) is 46.2 Å². The Kier molecular flexibility index (Phi) is 6.10. The molecule has 0 aliphatic carbocycles. The van der Waals surface area contributed by atoms with E-state index in [0.29, 0.717) is 12.4 Å². The molecule has 0 spiro atoms. The van der Waals surface area contributed by atoms with E-state index < -0.39 is 6.10 Å². The second-order valence-corrected chi connectivity index (χ2v) is 8.28. The third-order valence-electron chi connectivity index (χ3n) is 5.93. The molecule has 4 nitrogen and oxygen atoms in total. The van der Waals surface area contributed by atoms with Crippen LogP contribution < -0.4 is 4.74 Å². The number of nitrogens with zero attached hydrogens (tertiary/aromatic N) is 2. The number of ether oxygens (including phenoxy) is 1. The summed E-state index contributed by atoms with van der Waals surface area (Å²) in [7, 11) is 0. The second kappa shape index (κ2) is 8.94. The fraction of sp³-hybridized carbons (Fsp3) is 0.296. The molecule has 1 aromatic heterocycles. The zero-order chi connectivity index (χ0) is 22.0. The van der Waals surface area contributed by atoms with Gasteiger partial charge in [-0.25, -0.2) is 4.98 Å². The minimum atomic E-state index is -0.770. The smallest absolute Gasteiger partial charge is 0.143 e. The van der Waals surface area contributed by atoms with E-state index in [-0.39, 0.29) is 0 Å². The van der Waals surface area contributed by atoms with Crippen molar-refractivity contribution in [1.29, 1.82) is 0 Å². The summed E-state index contributed by atoms with van der Waals surface area (Å²) in [5, 5.41) is 11.1. The summed E-state index contributed by atoms with van der Waals surface area (Å²) in [5.41, 5.74) is 7.55. The van der Waals surface area contributed by atoms with E-state index in [0.717, 1.165) is 46.4 Å². The van der Waals surface area contributed by atoms with Crippen molar-refractivity contribution < 1.29 is 9.84 Å². The number of hydrogen-bond donors (Lipinski definition) is 1. The van der Waals surface area contributed by atoms with Gasteiger partial charge in [-0.3, -0.25) is 0 Å². The zero-order valence-electron chi connectivity index (χ0n) is 18.7. The summed E-state index contributed by atoms with van der Waals surface area (Å²) < 4.78 is 8.26. The molecule has 1 heterocycles. The van der Waals surface area contributed by atoms with Crippen LogP contribution >= 0.6 is 0 Å². The van der Waals surface area contributed by atoms with E-state index >= 15 is 0 Å². The molecule has 4 aromatic rings. The molecule has 0 aliphatic rings. The number of aliphatic hydroxyl groups excluding tert-OH is 1. The van der Waals surface area contributed by atoms with E-state index in [9.17, 15) is 5.11 Å². The number of fused-ring (bicyclic) bond motifs is 1. The molecule has 160 valence electrons. The van der Waals surface area contributed by atoms with Crippen molar-refractivity contribution in [3.8, 4) is 5.75 Å². The topological polar surface area (TPSA) is 47.3 Å². The number of aryl methyl sites for hydroxylation is 5. The van der Waals surface area contributed by atoms with Crippen molar-refractivity contribution in [2.45, 2.75) is 46.8 Å². The van der Waals surface area contributed by atoms with Crippen LogP contribution in [0.25, 0.3) is 11.0 Å². The first-order valence-electron chi connectivity index (χ1n) is 10.8. The lowest BCUT2D eigenvalue weighted by Gasteiger charge is -2.16. The quantitative estimate of drug-likeness (QED) is 0.388. The predicted octanol–water partition coefficient (Wildman–Crippen LogP) is 5.82. The standard InChI is InChI=1S/C27H30N2O2/c1-18-10-8-11-19(2)26(18)31-15-9-14-29-24-17-21(4)20(3)16-23(24)28-27(29)25(30)22-12-6-5-7-13-22/h5-8,10-13,16-17,25,30H,9,14-15H2,1-4H3. The van der Waals surface area contributed by atoms with Crippen LogP contribution in [0.3, 0.4) is 0 Å². The van der Waals surface area contributed by atoms with Gasteiger partial charge in [0.15, 0.2) is 0 Å². The molecule has 4 rings (SSSR count). The summed E-state index contributed by atoms with van der Waals surface area (Å²) in [6, 6.07) is 20.2. The van der Waals surface area contributed by atoms with Crippen molar-refractivity contribution in [2.24, 2.45) is 0 Å². The Labute approximate surface area is 184 Å². The number of aliphatic hydroxyl groups is 1. The third kappa shape index (κ3) is 4.35. The summed E-state index contributed by atoms with van der Waals surface area (Å²) in [5.74, 6) is 1.65. The highest BCUT2D eigenvalue weighted by Crippen LogP contribution is 2.28. The molecule has 0 amide bonds. The SMILES string of the molecule is Cc1cc2nc(C(O)c3ccccc3)n(CCCOc3c(C)cccc3C)c2cc1C. The molecule has 4 heteroatoms. The third-order valence-corrected chi connectivity index (χ3v) is 5.93. The van der Waals surface area contributed by atoms with Crippen molar-refractivity contribution in [3.63, 3.8) is 0 Å². The van der Waals surface area contributed by atoms with Gasteiger partial charge in [-0.1, -0.05) is 48.5 Å². The molecule has 1 unspecified atom stereocenters. The van der Waals surface area contributed by atoms with Gasteiger partial charge in [0.2, 0.25) is 0 Å². The van der Waals surface area contributed by atoms with Crippen LogP contribution in [0.4, 0.5) is 0 Å². The van der Waals surface area contributed by atoms with Crippen molar-refractivity contribution in [2.75, 3.05) is 6.61 Å². The predicted molar refractivity (Wildman–Crippen MR) is 126 cm³/mol. The molecule has 1 atom stereocenters. The fourth-order valence-electron chi connectivity index (χ4n) is 4.05. The maximum Gasteiger partial charge on any atom is 0.143 e.